The Labute approximate surface area is 141 Å². The largest absolute Gasteiger partial charge is 0.497 e. The highest BCUT2D eigenvalue weighted by molar-refractivity contribution is 9.11. The average molecular weight is 413 g/mol. The third-order valence-electron chi connectivity index (χ3n) is 3.01. The first kappa shape index (κ1) is 16.0. The lowest BCUT2D eigenvalue weighted by Crippen LogP contribution is -2.26. The zero-order valence-electron chi connectivity index (χ0n) is 11.8. The quantitative estimate of drug-likeness (QED) is 0.740. The van der Waals surface area contributed by atoms with Crippen molar-refractivity contribution in [2.45, 2.75) is 6.54 Å². The Kier molecular flexibility index (Phi) is 5.42. The molecule has 0 spiro atoms. The van der Waals surface area contributed by atoms with E-state index in [2.05, 4.69) is 31.9 Å². The van der Waals surface area contributed by atoms with Crippen LogP contribution in [-0.4, -0.2) is 25.0 Å². The highest BCUT2D eigenvalue weighted by Gasteiger charge is 2.13. The molecule has 2 aromatic carbocycles. The maximum absolute atomic E-state index is 12.5. The van der Waals surface area contributed by atoms with Gasteiger partial charge >= 0.3 is 0 Å². The van der Waals surface area contributed by atoms with Crippen LogP contribution in [0.4, 0.5) is 0 Å². The minimum Gasteiger partial charge on any atom is -0.497 e. The smallest absolute Gasteiger partial charge is 0.253 e. The first-order chi connectivity index (χ1) is 9.99. The van der Waals surface area contributed by atoms with Crippen LogP contribution in [-0.2, 0) is 6.54 Å². The maximum Gasteiger partial charge on any atom is 0.253 e. The van der Waals surface area contributed by atoms with Gasteiger partial charge in [-0.15, -0.1) is 0 Å². The molecule has 5 heteroatoms. The normalized spacial score (nSPS) is 10.3. The summed E-state index contributed by atoms with van der Waals surface area (Å²) >= 11 is 6.80. The van der Waals surface area contributed by atoms with Gasteiger partial charge in [-0.25, -0.2) is 0 Å². The molecule has 0 heterocycles. The Hall–Kier alpha value is -1.33. The van der Waals surface area contributed by atoms with Crippen LogP contribution in [0.15, 0.2) is 51.4 Å². The number of hydrogen-bond acceptors (Lipinski definition) is 2. The second-order valence-corrected chi connectivity index (χ2v) is 6.50. The van der Waals surface area contributed by atoms with Crippen molar-refractivity contribution in [1.82, 2.24) is 4.90 Å². The predicted molar refractivity (Wildman–Crippen MR) is 90.6 cm³/mol. The summed E-state index contributed by atoms with van der Waals surface area (Å²) in [6.07, 6.45) is 0. The van der Waals surface area contributed by atoms with E-state index in [0.717, 1.165) is 20.3 Å². The summed E-state index contributed by atoms with van der Waals surface area (Å²) in [6.45, 7) is 0.528. The van der Waals surface area contributed by atoms with Crippen LogP contribution in [0, 0.1) is 0 Å². The standard InChI is InChI=1S/C16H15Br2NO2/c1-19(10-11-4-3-5-15(6-11)21-2)16(20)12-7-13(17)9-14(18)8-12/h3-9H,10H2,1-2H3. The van der Waals surface area contributed by atoms with E-state index in [-0.39, 0.29) is 5.91 Å². The predicted octanol–water partition coefficient (Wildman–Crippen LogP) is 4.49. The minimum atomic E-state index is -0.0279. The molecule has 0 aromatic heterocycles. The molecule has 1 amide bonds. The topological polar surface area (TPSA) is 29.5 Å². The monoisotopic (exact) mass is 411 g/mol. The summed E-state index contributed by atoms with van der Waals surface area (Å²) < 4.78 is 6.94. The van der Waals surface area contributed by atoms with E-state index in [1.165, 1.54) is 0 Å². The SMILES string of the molecule is COc1cccc(CN(C)C(=O)c2cc(Br)cc(Br)c2)c1. The van der Waals surface area contributed by atoms with Crippen molar-refractivity contribution in [3.8, 4) is 5.75 Å². The zero-order valence-corrected chi connectivity index (χ0v) is 14.9. The van der Waals surface area contributed by atoms with Crippen LogP contribution in [0.5, 0.6) is 5.75 Å². The van der Waals surface area contributed by atoms with Crippen LogP contribution in [0.25, 0.3) is 0 Å². The van der Waals surface area contributed by atoms with Crippen molar-refractivity contribution in [2.24, 2.45) is 0 Å². The number of benzene rings is 2. The molecule has 0 aliphatic rings. The highest BCUT2D eigenvalue weighted by atomic mass is 79.9. The van der Waals surface area contributed by atoms with Crippen LogP contribution in [0.1, 0.15) is 15.9 Å². The lowest BCUT2D eigenvalue weighted by Gasteiger charge is -2.18. The molecule has 0 atom stereocenters. The molecule has 110 valence electrons. The van der Waals surface area contributed by atoms with E-state index in [9.17, 15) is 4.79 Å². The van der Waals surface area contributed by atoms with E-state index in [1.54, 1.807) is 19.1 Å². The minimum absolute atomic E-state index is 0.0279. The molecule has 0 aliphatic carbocycles. The number of carbonyl (C=O) groups excluding carboxylic acids is 1. The number of hydrogen-bond donors (Lipinski definition) is 0. The fraction of sp³-hybridized carbons (Fsp3) is 0.188. The van der Waals surface area contributed by atoms with E-state index >= 15 is 0 Å². The van der Waals surface area contributed by atoms with Gasteiger partial charge in [0.25, 0.3) is 5.91 Å². The third-order valence-corrected chi connectivity index (χ3v) is 3.93. The maximum atomic E-state index is 12.5. The number of nitrogens with zero attached hydrogens (tertiary/aromatic N) is 1. The van der Waals surface area contributed by atoms with Gasteiger partial charge < -0.3 is 9.64 Å². The van der Waals surface area contributed by atoms with Gasteiger partial charge in [0.15, 0.2) is 0 Å². The summed E-state index contributed by atoms with van der Waals surface area (Å²) in [5, 5.41) is 0. The summed E-state index contributed by atoms with van der Waals surface area (Å²) in [6, 6.07) is 13.2. The first-order valence-electron chi connectivity index (χ1n) is 6.34. The fourth-order valence-corrected chi connectivity index (χ4v) is 3.31. The molecule has 21 heavy (non-hydrogen) atoms. The molecule has 0 bridgehead atoms. The second-order valence-electron chi connectivity index (χ2n) is 4.67. The van der Waals surface area contributed by atoms with E-state index in [1.807, 2.05) is 42.5 Å². The van der Waals surface area contributed by atoms with E-state index < -0.39 is 0 Å². The van der Waals surface area contributed by atoms with Crippen molar-refractivity contribution >= 4 is 37.8 Å². The molecule has 2 aromatic rings. The number of methoxy groups -OCH3 is 1. The number of ether oxygens (including phenoxy) is 1. The van der Waals surface area contributed by atoms with Crippen molar-refractivity contribution in [3.63, 3.8) is 0 Å². The van der Waals surface area contributed by atoms with Crippen molar-refractivity contribution in [3.05, 3.63) is 62.5 Å². The number of rotatable bonds is 4. The molecule has 0 unspecified atom stereocenters. The third kappa shape index (κ3) is 4.32. The Morgan fingerprint density at radius 3 is 2.43 bits per heavy atom. The fourth-order valence-electron chi connectivity index (χ4n) is 2.01. The molecular weight excluding hydrogens is 398 g/mol. The molecular formula is C16H15Br2NO2. The lowest BCUT2D eigenvalue weighted by atomic mass is 10.1. The molecule has 3 nitrogen and oxygen atoms in total. The van der Waals surface area contributed by atoms with Crippen molar-refractivity contribution < 1.29 is 9.53 Å². The molecule has 0 N–H and O–H groups in total. The van der Waals surface area contributed by atoms with Crippen molar-refractivity contribution in [2.75, 3.05) is 14.2 Å². The first-order valence-corrected chi connectivity index (χ1v) is 7.92. The molecule has 0 saturated carbocycles. The second kappa shape index (κ2) is 7.09. The zero-order chi connectivity index (χ0) is 15.4. The van der Waals surface area contributed by atoms with Gasteiger partial charge in [-0.3, -0.25) is 4.79 Å². The molecule has 2 rings (SSSR count). The number of halogens is 2. The highest BCUT2D eigenvalue weighted by Crippen LogP contribution is 2.21. The van der Waals surface area contributed by atoms with Gasteiger partial charge in [-0.2, -0.15) is 0 Å². The number of carbonyl (C=O) groups is 1. The molecule has 0 fully saturated rings. The van der Waals surface area contributed by atoms with E-state index in [4.69, 9.17) is 4.74 Å². The molecule has 0 radical (unpaired) electrons. The Morgan fingerprint density at radius 2 is 1.81 bits per heavy atom. The summed E-state index contributed by atoms with van der Waals surface area (Å²) in [5.41, 5.74) is 1.67. The van der Waals surface area contributed by atoms with Gasteiger partial charge in [0, 0.05) is 28.1 Å². The summed E-state index contributed by atoms with van der Waals surface area (Å²) in [5.74, 6) is 0.762. The molecule has 0 saturated heterocycles. The summed E-state index contributed by atoms with van der Waals surface area (Å²) in [4.78, 5) is 14.1. The molecule has 0 aliphatic heterocycles. The summed E-state index contributed by atoms with van der Waals surface area (Å²) in [7, 11) is 3.42. The van der Waals surface area contributed by atoms with Crippen LogP contribution >= 0.6 is 31.9 Å². The van der Waals surface area contributed by atoms with Gasteiger partial charge in [0.05, 0.1) is 7.11 Å². The number of amides is 1. The van der Waals surface area contributed by atoms with Crippen LogP contribution in [0.2, 0.25) is 0 Å². The van der Waals surface area contributed by atoms with Gasteiger partial charge in [0.2, 0.25) is 0 Å². The Morgan fingerprint density at radius 1 is 1.14 bits per heavy atom. The van der Waals surface area contributed by atoms with Gasteiger partial charge in [-0.1, -0.05) is 44.0 Å². The Bertz CT molecular complexity index is 638. The van der Waals surface area contributed by atoms with Crippen LogP contribution < -0.4 is 4.74 Å². The van der Waals surface area contributed by atoms with Gasteiger partial charge in [0.1, 0.15) is 5.75 Å². The van der Waals surface area contributed by atoms with Gasteiger partial charge in [-0.05, 0) is 35.9 Å². The Balaban J connectivity index is 2.15. The lowest BCUT2D eigenvalue weighted by molar-refractivity contribution is 0.0785. The van der Waals surface area contributed by atoms with Crippen LogP contribution in [0.3, 0.4) is 0 Å². The van der Waals surface area contributed by atoms with E-state index in [0.29, 0.717) is 12.1 Å². The average Bonchev–Trinajstić information content (AvgIpc) is 2.45. The van der Waals surface area contributed by atoms with Crippen molar-refractivity contribution in [1.29, 1.82) is 0 Å².